The summed E-state index contributed by atoms with van der Waals surface area (Å²) in [6.45, 7) is 0. The van der Waals surface area contributed by atoms with Gasteiger partial charge in [-0.2, -0.15) is 0 Å². The van der Waals surface area contributed by atoms with Gasteiger partial charge in [-0.15, -0.1) is 0 Å². The van der Waals surface area contributed by atoms with Gasteiger partial charge in [0, 0.05) is 15.7 Å². The number of benzene rings is 2. The number of furan rings is 1. The van der Waals surface area contributed by atoms with Crippen molar-refractivity contribution in [2.45, 2.75) is 0 Å². The summed E-state index contributed by atoms with van der Waals surface area (Å²) in [5.41, 5.74) is 3.34. The normalized spacial score (nSPS) is 15.6. The molecule has 4 rings (SSSR count). The first-order valence-electron chi connectivity index (χ1n) is 7.64. The number of hydrogen-bond acceptors (Lipinski definition) is 5. The summed E-state index contributed by atoms with van der Waals surface area (Å²) in [6, 6.07) is 12.3. The SMILES string of the molecule is O=C1NC(=O)/C(=C/c2cc(-c3ccc(C(=O)[OH2+])cc3)cc3ccoc23)S1. The summed E-state index contributed by atoms with van der Waals surface area (Å²) in [6.07, 6.45) is 3.19. The predicted octanol–water partition coefficient (Wildman–Crippen LogP) is 3.29. The minimum atomic E-state index is -0.735. The molecule has 3 aromatic rings. The summed E-state index contributed by atoms with van der Waals surface area (Å²) in [5.74, 6) is -1.16. The Hall–Kier alpha value is -3.32. The van der Waals surface area contributed by atoms with Gasteiger partial charge in [-0.3, -0.25) is 14.9 Å². The molecule has 1 saturated heterocycles. The molecule has 0 unspecified atom stereocenters. The molecule has 2 aromatic carbocycles. The monoisotopic (exact) mass is 366 g/mol. The number of thioether (sulfide) groups is 1. The van der Waals surface area contributed by atoms with Crippen LogP contribution < -0.4 is 5.32 Å². The first-order chi connectivity index (χ1) is 12.5. The molecule has 7 heteroatoms. The lowest BCUT2D eigenvalue weighted by Crippen LogP contribution is -2.17. The Bertz CT molecular complexity index is 1090. The van der Waals surface area contributed by atoms with E-state index < -0.39 is 17.1 Å². The van der Waals surface area contributed by atoms with E-state index >= 15 is 0 Å². The van der Waals surface area contributed by atoms with E-state index in [2.05, 4.69) is 5.32 Å². The van der Waals surface area contributed by atoms with E-state index in [0.717, 1.165) is 28.3 Å². The summed E-state index contributed by atoms with van der Waals surface area (Å²) in [4.78, 5) is 34.6. The van der Waals surface area contributed by atoms with Crippen LogP contribution in [0.4, 0.5) is 4.79 Å². The van der Waals surface area contributed by atoms with Crippen LogP contribution in [0.5, 0.6) is 0 Å². The lowest BCUT2D eigenvalue weighted by Gasteiger charge is -2.05. The Labute approximate surface area is 151 Å². The standard InChI is InChI=1S/C19H11NO5S/c21-17-15(26-19(24)20-17)9-14-8-13(7-12-5-6-25-16(12)14)10-1-3-11(4-2-10)18(22)23/h1-9H,(H,22,23)(H,20,21,24)/p+1/b15-9-. The van der Waals surface area contributed by atoms with Gasteiger partial charge in [0.1, 0.15) is 11.1 Å². The Balaban J connectivity index is 1.82. The van der Waals surface area contributed by atoms with Crippen molar-refractivity contribution in [3.8, 4) is 11.1 Å². The minimum absolute atomic E-state index is 0.306. The smallest absolute Gasteiger partial charge is 0.549 e. The van der Waals surface area contributed by atoms with Gasteiger partial charge in [0.05, 0.1) is 11.2 Å². The van der Waals surface area contributed by atoms with Gasteiger partial charge in [0.2, 0.25) is 0 Å². The van der Waals surface area contributed by atoms with Crippen molar-refractivity contribution in [1.82, 2.24) is 5.32 Å². The number of imide groups is 1. The zero-order valence-electron chi connectivity index (χ0n) is 13.2. The molecule has 2 amide bonds. The number of fused-ring (bicyclic) bond motifs is 1. The van der Waals surface area contributed by atoms with Gasteiger partial charge in [-0.05, 0) is 59.3 Å². The van der Waals surface area contributed by atoms with Crippen LogP contribution in [0.2, 0.25) is 0 Å². The molecular weight excluding hydrogens is 354 g/mol. The van der Waals surface area contributed by atoms with Crippen molar-refractivity contribution in [1.29, 1.82) is 0 Å². The van der Waals surface area contributed by atoms with Crippen LogP contribution in [0.1, 0.15) is 15.9 Å². The molecule has 2 heterocycles. The Morgan fingerprint density at radius 3 is 2.50 bits per heavy atom. The van der Waals surface area contributed by atoms with Crippen LogP contribution in [0.15, 0.2) is 58.1 Å². The van der Waals surface area contributed by atoms with Crippen molar-refractivity contribution >= 4 is 45.9 Å². The maximum atomic E-state index is 11.8. The molecular formula is C19H12NO5S+. The van der Waals surface area contributed by atoms with E-state index in [0.29, 0.717) is 21.6 Å². The van der Waals surface area contributed by atoms with E-state index in [1.165, 1.54) is 0 Å². The minimum Gasteiger partial charge on any atom is -0.561 e. The Morgan fingerprint density at radius 1 is 1.08 bits per heavy atom. The maximum Gasteiger partial charge on any atom is 0.549 e. The van der Waals surface area contributed by atoms with Crippen LogP contribution in [0, 0.1) is 0 Å². The lowest BCUT2D eigenvalue weighted by atomic mass is 9.99. The van der Waals surface area contributed by atoms with E-state index in [4.69, 9.17) is 9.52 Å². The van der Waals surface area contributed by atoms with Gasteiger partial charge in [-0.25, -0.2) is 0 Å². The highest BCUT2D eigenvalue weighted by Gasteiger charge is 2.25. The van der Waals surface area contributed by atoms with E-state index in [1.807, 2.05) is 18.2 Å². The topological polar surface area (TPSA) is 99.3 Å². The maximum absolute atomic E-state index is 11.8. The van der Waals surface area contributed by atoms with E-state index in [1.54, 1.807) is 36.6 Å². The highest BCUT2D eigenvalue weighted by Crippen LogP contribution is 2.33. The zero-order chi connectivity index (χ0) is 18.3. The fourth-order valence-electron chi connectivity index (χ4n) is 2.76. The lowest BCUT2D eigenvalue weighted by molar-refractivity contribution is -0.115. The summed E-state index contributed by atoms with van der Waals surface area (Å²) < 4.78 is 5.52. The Kier molecular flexibility index (Phi) is 3.85. The third kappa shape index (κ3) is 2.89. The summed E-state index contributed by atoms with van der Waals surface area (Å²) in [5, 5.41) is 9.83. The second-order valence-corrected chi connectivity index (χ2v) is 6.68. The van der Waals surface area contributed by atoms with Crippen LogP contribution >= 0.6 is 11.8 Å². The fourth-order valence-corrected chi connectivity index (χ4v) is 3.43. The van der Waals surface area contributed by atoms with Crippen molar-refractivity contribution < 1.29 is 23.9 Å². The van der Waals surface area contributed by atoms with E-state index in [-0.39, 0.29) is 0 Å². The predicted molar refractivity (Wildman–Crippen MR) is 98.7 cm³/mol. The molecule has 6 nitrogen and oxygen atoms in total. The molecule has 3 N–H and O–H groups in total. The molecule has 128 valence electrons. The number of carbonyl (C=O) groups excluding carboxylic acids is 3. The number of amides is 2. The number of carbonyl (C=O) groups is 3. The van der Waals surface area contributed by atoms with Gasteiger partial charge in [0.25, 0.3) is 11.1 Å². The van der Waals surface area contributed by atoms with Gasteiger partial charge in [-0.1, -0.05) is 12.1 Å². The fraction of sp³-hybridized carbons (Fsp3) is 0. The quantitative estimate of drug-likeness (QED) is 0.566. The highest BCUT2D eigenvalue weighted by atomic mass is 32.2. The number of rotatable bonds is 3. The molecule has 0 aliphatic carbocycles. The number of hydrogen-bond donors (Lipinski definition) is 1. The van der Waals surface area contributed by atoms with Crippen molar-refractivity contribution in [3.63, 3.8) is 0 Å². The Morgan fingerprint density at radius 2 is 1.85 bits per heavy atom. The molecule has 0 bridgehead atoms. The third-order valence-corrected chi connectivity index (χ3v) is 4.80. The molecule has 0 atom stereocenters. The molecule has 0 saturated carbocycles. The molecule has 1 fully saturated rings. The van der Waals surface area contributed by atoms with Crippen LogP contribution in [-0.2, 0) is 4.79 Å². The van der Waals surface area contributed by atoms with Crippen LogP contribution in [0.25, 0.3) is 28.2 Å². The van der Waals surface area contributed by atoms with Crippen molar-refractivity contribution in [3.05, 3.63) is 64.8 Å². The van der Waals surface area contributed by atoms with Gasteiger partial charge < -0.3 is 9.52 Å². The average Bonchev–Trinajstić information content (AvgIpc) is 3.21. The molecule has 0 radical (unpaired) electrons. The van der Waals surface area contributed by atoms with E-state index in [9.17, 15) is 14.4 Å². The summed E-state index contributed by atoms with van der Waals surface area (Å²) in [7, 11) is 0. The van der Waals surface area contributed by atoms with Gasteiger partial charge in [0.15, 0.2) is 0 Å². The number of nitrogens with one attached hydrogen (secondary N) is 1. The molecule has 1 aliphatic heterocycles. The molecule has 26 heavy (non-hydrogen) atoms. The van der Waals surface area contributed by atoms with Gasteiger partial charge >= 0.3 is 5.97 Å². The molecule has 0 spiro atoms. The van der Waals surface area contributed by atoms with Crippen molar-refractivity contribution in [2.75, 3.05) is 0 Å². The largest absolute Gasteiger partial charge is 0.561 e. The molecule has 1 aromatic heterocycles. The second kappa shape index (κ2) is 6.20. The van der Waals surface area contributed by atoms with Crippen molar-refractivity contribution in [2.24, 2.45) is 0 Å². The zero-order valence-corrected chi connectivity index (χ0v) is 14.1. The second-order valence-electron chi connectivity index (χ2n) is 5.66. The first-order valence-corrected chi connectivity index (χ1v) is 8.45. The molecule has 1 aliphatic rings. The highest BCUT2D eigenvalue weighted by molar-refractivity contribution is 8.18. The average molecular weight is 366 g/mol. The van der Waals surface area contributed by atoms with Crippen LogP contribution in [0.3, 0.4) is 0 Å². The van der Waals surface area contributed by atoms with Crippen LogP contribution in [-0.4, -0.2) is 22.2 Å². The first kappa shape index (κ1) is 16.2. The summed E-state index contributed by atoms with van der Waals surface area (Å²) >= 11 is 0.848. The third-order valence-electron chi connectivity index (χ3n) is 3.99.